The number of rotatable bonds is 6. The van der Waals surface area contributed by atoms with Gasteiger partial charge in [0.15, 0.2) is 0 Å². The van der Waals surface area contributed by atoms with E-state index in [-0.39, 0.29) is 0 Å². The topological polar surface area (TPSA) is 37.8 Å². The van der Waals surface area contributed by atoms with Gasteiger partial charge in [-0.1, -0.05) is 20.8 Å². The molecular weight excluding hydrogens is 218 g/mol. The van der Waals surface area contributed by atoms with Crippen molar-refractivity contribution in [3.05, 3.63) is 17.6 Å². The fourth-order valence-electron chi connectivity index (χ4n) is 1.34. The third kappa shape index (κ3) is 4.00. The van der Waals surface area contributed by atoms with E-state index in [1.807, 2.05) is 17.8 Å². The molecule has 0 fully saturated rings. The average Bonchev–Trinajstić information content (AvgIpc) is 2.26. The van der Waals surface area contributed by atoms with Crippen molar-refractivity contribution >= 4 is 17.6 Å². The van der Waals surface area contributed by atoms with Crippen LogP contribution in [-0.4, -0.2) is 22.3 Å². The first-order chi connectivity index (χ1) is 7.67. The van der Waals surface area contributed by atoms with Gasteiger partial charge in [0, 0.05) is 18.3 Å². The van der Waals surface area contributed by atoms with E-state index in [0.717, 1.165) is 35.4 Å². The molecule has 90 valence electrons. The summed E-state index contributed by atoms with van der Waals surface area (Å²) in [5, 5.41) is 3.26. The molecule has 0 bridgehead atoms. The number of nitrogens with zero attached hydrogens (tertiary/aromatic N) is 2. The van der Waals surface area contributed by atoms with Gasteiger partial charge in [0.25, 0.3) is 0 Å². The van der Waals surface area contributed by atoms with Crippen molar-refractivity contribution in [2.45, 2.75) is 39.4 Å². The summed E-state index contributed by atoms with van der Waals surface area (Å²) in [5.74, 6) is 4.34. The van der Waals surface area contributed by atoms with Gasteiger partial charge in [0.05, 0.1) is 5.75 Å². The molecule has 1 heterocycles. The van der Waals surface area contributed by atoms with E-state index in [9.17, 15) is 0 Å². The van der Waals surface area contributed by atoms with Gasteiger partial charge in [0.2, 0.25) is 0 Å². The van der Waals surface area contributed by atoms with Crippen LogP contribution in [0.1, 0.15) is 45.1 Å². The number of nitrogens with one attached hydrogen (secondary N) is 1. The van der Waals surface area contributed by atoms with Crippen LogP contribution < -0.4 is 5.32 Å². The maximum absolute atomic E-state index is 4.58. The van der Waals surface area contributed by atoms with E-state index in [4.69, 9.17) is 0 Å². The Hall–Kier alpha value is -0.770. The number of aromatic nitrogens is 2. The fraction of sp³-hybridized carbons (Fsp3) is 0.667. The highest BCUT2D eigenvalue weighted by molar-refractivity contribution is 7.98. The second-order valence-electron chi connectivity index (χ2n) is 3.92. The zero-order chi connectivity index (χ0) is 12.0. The summed E-state index contributed by atoms with van der Waals surface area (Å²) >= 11 is 1.86. The molecule has 0 aliphatic heterocycles. The second-order valence-corrected chi connectivity index (χ2v) is 5.19. The van der Waals surface area contributed by atoms with Crippen molar-refractivity contribution in [1.29, 1.82) is 0 Å². The van der Waals surface area contributed by atoms with Gasteiger partial charge in [-0.3, -0.25) is 0 Å². The molecule has 0 radical (unpaired) electrons. The van der Waals surface area contributed by atoms with Crippen molar-refractivity contribution in [1.82, 2.24) is 9.97 Å². The Morgan fingerprint density at radius 2 is 2.06 bits per heavy atom. The highest BCUT2D eigenvalue weighted by atomic mass is 32.2. The van der Waals surface area contributed by atoms with Crippen molar-refractivity contribution in [3.63, 3.8) is 0 Å². The molecule has 1 rings (SSSR count). The maximum atomic E-state index is 4.58. The van der Waals surface area contributed by atoms with Crippen LogP contribution in [0.2, 0.25) is 0 Å². The average molecular weight is 239 g/mol. The Morgan fingerprint density at radius 1 is 1.31 bits per heavy atom. The summed E-state index contributed by atoms with van der Waals surface area (Å²) in [4.78, 5) is 9.08. The van der Waals surface area contributed by atoms with Gasteiger partial charge in [-0.2, -0.15) is 11.8 Å². The molecular formula is C12H21N3S. The summed E-state index contributed by atoms with van der Waals surface area (Å²) in [6.07, 6.45) is 0. The number of hydrogen-bond donors (Lipinski definition) is 1. The van der Waals surface area contributed by atoms with Gasteiger partial charge in [0.1, 0.15) is 11.6 Å². The lowest BCUT2D eigenvalue weighted by atomic mass is 10.1. The minimum Gasteiger partial charge on any atom is -0.370 e. The molecule has 0 spiro atoms. The molecule has 16 heavy (non-hydrogen) atoms. The largest absolute Gasteiger partial charge is 0.370 e. The molecule has 1 aromatic rings. The van der Waals surface area contributed by atoms with Crippen LogP contribution in [0.15, 0.2) is 6.07 Å². The fourth-order valence-corrected chi connectivity index (χ4v) is 1.86. The SMILES string of the molecule is CCNc1cc(C(C)C)nc(CSCC)n1. The molecule has 1 N–H and O–H groups in total. The smallest absolute Gasteiger partial charge is 0.140 e. The van der Waals surface area contributed by atoms with Crippen molar-refractivity contribution in [2.24, 2.45) is 0 Å². The lowest BCUT2D eigenvalue weighted by Crippen LogP contribution is -2.06. The van der Waals surface area contributed by atoms with Crippen LogP contribution in [0.5, 0.6) is 0 Å². The van der Waals surface area contributed by atoms with E-state index in [0.29, 0.717) is 5.92 Å². The van der Waals surface area contributed by atoms with Gasteiger partial charge < -0.3 is 5.32 Å². The normalized spacial score (nSPS) is 10.8. The third-order valence-corrected chi connectivity index (χ3v) is 3.05. The lowest BCUT2D eigenvalue weighted by molar-refractivity contribution is 0.799. The van der Waals surface area contributed by atoms with E-state index >= 15 is 0 Å². The molecule has 0 amide bonds. The van der Waals surface area contributed by atoms with Crippen LogP contribution in [0, 0.1) is 0 Å². The first-order valence-corrected chi connectivity index (χ1v) is 7.02. The second kappa shape index (κ2) is 6.74. The van der Waals surface area contributed by atoms with Crippen LogP contribution >= 0.6 is 11.8 Å². The molecule has 0 aliphatic rings. The summed E-state index contributed by atoms with van der Waals surface area (Å²) < 4.78 is 0. The minimum absolute atomic E-state index is 0.450. The zero-order valence-electron chi connectivity index (χ0n) is 10.6. The molecule has 0 aliphatic carbocycles. The van der Waals surface area contributed by atoms with Crippen LogP contribution in [0.3, 0.4) is 0 Å². The zero-order valence-corrected chi connectivity index (χ0v) is 11.4. The van der Waals surface area contributed by atoms with Gasteiger partial charge in [-0.25, -0.2) is 9.97 Å². The third-order valence-electron chi connectivity index (χ3n) is 2.18. The molecule has 0 aromatic carbocycles. The number of hydrogen-bond acceptors (Lipinski definition) is 4. The Balaban J connectivity index is 2.89. The van der Waals surface area contributed by atoms with E-state index in [1.54, 1.807) is 0 Å². The lowest BCUT2D eigenvalue weighted by Gasteiger charge is -2.10. The number of thioether (sulfide) groups is 1. The Bertz CT molecular complexity index is 326. The summed E-state index contributed by atoms with van der Waals surface area (Å²) in [7, 11) is 0. The maximum Gasteiger partial charge on any atom is 0.140 e. The van der Waals surface area contributed by atoms with Crippen molar-refractivity contribution in [2.75, 3.05) is 17.6 Å². The minimum atomic E-state index is 0.450. The highest BCUT2D eigenvalue weighted by Crippen LogP contribution is 2.17. The van der Waals surface area contributed by atoms with Crippen molar-refractivity contribution < 1.29 is 0 Å². The summed E-state index contributed by atoms with van der Waals surface area (Å²) in [6.45, 7) is 9.46. The highest BCUT2D eigenvalue weighted by Gasteiger charge is 2.07. The van der Waals surface area contributed by atoms with Crippen LogP contribution in [-0.2, 0) is 5.75 Å². The Kier molecular flexibility index (Phi) is 5.60. The van der Waals surface area contributed by atoms with Gasteiger partial charge in [-0.05, 0) is 18.6 Å². The van der Waals surface area contributed by atoms with E-state index < -0.39 is 0 Å². The summed E-state index contributed by atoms with van der Waals surface area (Å²) in [6, 6.07) is 2.05. The summed E-state index contributed by atoms with van der Waals surface area (Å²) in [5.41, 5.74) is 1.12. The van der Waals surface area contributed by atoms with Gasteiger partial charge in [-0.15, -0.1) is 0 Å². The molecule has 4 heteroatoms. The van der Waals surface area contributed by atoms with Crippen molar-refractivity contribution in [3.8, 4) is 0 Å². The Labute approximate surface area is 102 Å². The van der Waals surface area contributed by atoms with Crippen LogP contribution in [0.25, 0.3) is 0 Å². The van der Waals surface area contributed by atoms with Gasteiger partial charge >= 0.3 is 0 Å². The van der Waals surface area contributed by atoms with E-state index in [2.05, 4.69) is 43.0 Å². The predicted octanol–water partition coefficient (Wildman–Crippen LogP) is 3.28. The Morgan fingerprint density at radius 3 is 2.62 bits per heavy atom. The first-order valence-electron chi connectivity index (χ1n) is 5.86. The predicted molar refractivity (Wildman–Crippen MR) is 72.1 cm³/mol. The molecule has 0 saturated heterocycles. The van der Waals surface area contributed by atoms with Crippen LogP contribution in [0.4, 0.5) is 5.82 Å². The number of anilines is 1. The first kappa shape index (κ1) is 13.3. The molecule has 0 atom stereocenters. The monoisotopic (exact) mass is 239 g/mol. The molecule has 1 aromatic heterocycles. The molecule has 0 unspecified atom stereocenters. The van der Waals surface area contributed by atoms with E-state index in [1.165, 1.54) is 0 Å². The molecule has 0 saturated carbocycles. The quantitative estimate of drug-likeness (QED) is 0.826. The standard InChI is InChI=1S/C12H21N3S/c1-5-13-11-7-10(9(3)4)14-12(15-11)8-16-6-2/h7,9H,5-6,8H2,1-4H3,(H,13,14,15). The molecule has 3 nitrogen and oxygen atoms in total.